The summed E-state index contributed by atoms with van der Waals surface area (Å²) >= 11 is 5.83. The summed E-state index contributed by atoms with van der Waals surface area (Å²) in [5.74, 6) is -0.0268. The Morgan fingerprint density at radius 1 is 1.11 bits per heavy atom. The molecule has 2 nitrogen and oxygen atoms in total. The fourth-order valence-electron chi connectivity index (χ4n) is 1.75. The lowest BCUT2D eigenvalue weighted by Crippen LogP contribution is -2.26. The van der Waals surface area contributed by atoms with Crippen LogP contribution in [-0.4, -0.2) is 13.0 Å². The fourth-order valence-corrected chi connectivity index (χ4v) is 1.88. The standard InChI is InChI=1S/C15H14ClNO/c1-11-4-3-5-12(10-11)15(18)17(2)14-8-6-13(16)7-9-14/h3-10H,1-2H3. The van der Waals surface area contributed by atoms with Gasteiger partial charge in [0.2, 0.25) is 0 Å². The quantitative estimate of drug-likeness (QED) is 0.800. The van der Waals surface area contributed by atoms with Crippen LogP contribution >= 0.6 is 11.6 Å². The van der Waals surface area contributed by atoms with E-state index in [0.29, 0.717) is 10.6 Å². The van der Waals surface area contributed by atoms with Crippen molar-refractivity contribution in [1.29, 1.82) is 0 Å². The summed E-state index contributed by atoms with van der Waals surface area (Å²) in [6.07, 6.45) is 0. The fraction of sp³-hybridized carbons (Fsp3) is 0.133. The predicted molar refractivity (Wildman–Crippen MR) is 75.4 cm³/mol. The molecular weight excluding hydrogens is 246 g/mol. The SMILES string of the molecule is Cc1cccc(C(=O)N(C)c2ccc(Cl)cc2)c1. The van der Waals surface area contributed by atoms with Gasteiger partial charge in [-0.3, -0.25) is 4.79 Å². The minimum atomic E-state index is -0.0268. The van der Waals surface area contributed by atoms with E-state index in [1.54, 1.807) is 24.1 Å². The molecule has 0 aliphatic carbocycles. The van der Waals surface area contributed by atoms with Gasteiger partial charge >= 0.3 is 0 Å². The van der Waals surface area contributed by atoms with E-state index in [-0.39, 0.29) is 5.91 Å². The van der Waals surface area contributed by atoms with Crippen LogP contribution in [0.4, 0.5) is 5.69 Å². The number of hydrogen-bond acceptors (Lipinski definition) is 1. The lowest BCUT2D eigenvalue weighted by Gasteiger charge is -2.17. The summed E-state index contributed by atoms with van der Waals surface area (Å²) < 4.78 is 0. The van der Waals surface area contributed by atoms with Gasteiger partial charge in [0.25, 0.3) is 5.91 Å². The van der Waals surface area contributed by atoms with Crippen molar-refractivity contribution in [3.05, 3.63) is 64.7 Å². The lowest BCUT2D eigenvalue weighted by atomic mass is 10.1. The molecule has 1 amide bonds. The zero-order valence-electron chi connectivity index (χ0n) is 10.4. The van der Waals surface area contributed by atoms with Crippen molar-refractivity contribution in [1.82, 2.24) is 0 Å². The molecule has 2 aromatic carbocycles. The van der Waals surface area contributed by atoms with E-state index >= 15 is 0 Å². The first kappa shape index (κ1) is 12.7. The van der Waals surface area contributed by atoms with Crippen LogP contribution in [-0.2, 0) is 0 Å². The number of halogens is 1. The van der Waals surface area contributed by atoms with Gasteiger partial charge in [0.15, 0.2) is 0 Å². The zero-order valence-corrected chi connectivity index (χ0v) is 11.1. The van der Waals surface area contributed by atoms with E-state index in [4.69, 9.17) is 11.6 Å². The van der Waals surface area contributed by atoms with Crippen molar-refractivity contribution < 1.29 is 4.79 Å². The van der Waals surface area contributed by atoms with E-state index in [9.17, 15) is 4.79 Å². The summed E-state index contributed by atoms with van der Waals surface area (Å²) in [4.78, 5) is 13.9. The van der Waals surface area contributed by atoms with Gasteiger partial charge in [-0.05, 0) is 43.3 Å². The lowest BCUT2D eigenvalue weighted by molar-refractivity contribution is 0.0993. The number of benzene rings is 2. The maximum Gasteiger partial charge on any atom is 0.258 e. The second kappa shape index (κ2) is 5.23. The third-order valence-electron chi connectivity index (χ3n) is 2.78. The van der Waals surface area contributed by atoms with E-state index in [1.807, 2.05) is 43.3 Å². The summed E-state index contributed by atoms with van der Waals surface area (Å²) in [6, 6.07) is 14.8. The molecule has 0 saturated heterocycles. The smallest absolute Gasteiger partial charge is 0.258 e. The summed E-state index contributed by atoms with van der Waals surface area (Å²) in [6.45, 7) is 1.97. The van der Waals surface area contributed by atoms with Gasteiger partial charge in [0.05, 0.1) is 0 Å². The molecule has 0 bridgehead atoms. The molecule has 0 saturated carbocycles. The maximum atomic E-state index is 12.3. The van der Waals surface area contributed by atoms with Crippen LogP contribution in [0.15, 0.2) is 48.5 Å². The van der Waals surface area contributed by atoms with E-state index in [0.717, 1.165) is 11.3 Å². The molecule has 18 heavy (non-hydrogen) atoms. The second-order valence-corrected chi connectivity index (χ2v) is 4.65. The number of hydrogen-bond donors (Lipinski definition) is 0. The number of nitrogens with zero attached hydrogens (tertiary/aromatic N) is 1. The van der Waals surface area contributed by atoms with Gasteiger partial charge in [-0.1, -0.05) is 29.3 Å². The first-order valence-corrected chi connectivity index (χ1v) is 6.06. The van der Waals surface area contributed by atoms with Crippen LogP contribution < -0.4 is 4.90 Å². The average Bonchev–Trinajstić information content (AvgIpc) is 2.38. The normalized spacial score (nSPS) is 10.2. The highest BCUT2D eigenvalue weighted by Crippen LogP contribution is 2.19. The van der Waals surface area contributed by atoms with Crippen LogP contribution in [0.3, 0.4) is 0 Å². The molecule has 3 heteroatoms. The number of aryl methyl sites for hydroxylation is 1. The minimum Gasteiger partial charge on any atom is -0.311 e. The first-order chi connectivity index (χ1) is 8.58. The van der Waals surface area contributed by atoms with Gasteiger partial charge in [-0.15, -0.1) is 0 Å². The zero-order chi connectivity index (χ0) is 13.1. The molecule has 0 radical (unpaired) electrons. The first-order valence-electron chi connectivity index (χ1n) is 5.68. The van der Waals surface area contributed by atoms with Crippen molar-refractivity contribution in [3.8, 4) is 0 Å². The third kappa shape index (κ3) is 2.71. The third-order valence-corrected chi connectivity index (χ3v) is 3.04. The summed E-state index contributed by atoms with van der Waals surface area (Å²) in [5, 5.41) is 0.662. The molecule has 0 N–H and O–H groups in total. The van der Waals surface area contributed by atoms with E-state index in [2.05, 4.69) is 0 Å². The Morgan fingerprint density at radius 2 is 1.78 bits per heavy atom. The Hall–Kier alpha value is -1.80. The van der Waals surface area contributed by atoms with Crippen molar-refractivity contribution in [3.63, 3.8) is 0 Å². The highest BCUT2D eigenvalue weighted by Gasteiger charge is 2.13. The Labute approximate surface area is 112 Å². The van der Waals surface area contributed by atoms with Gasteiger partial charge < -0.3 is 4.90 Å². The molecule has 0 aliphatic rings. The molecule has 0 unspecified atom stereocenters. The monoisotopic (exact) mass is 259 g/mol. The molecule has 0 aromatic heterocycles. The van der Waals surface area contributed by atoms with Crippen molar-refractivity contribution >= 4 is 23.2 Å². The topological polar surface area (TPSA) is 20.3 Å². The van der Waals surface area contributed by atoms with Crippen LogP contribution in [0.25, 0.3) is 0 Å². The molecule has 2 rings (SSSR count). The number of anilines is 1. The van der Waals surface area contributed by atoms with E-state index in [1.165, 1.54) is 0 Å². The van der Waals surface area contributed by atoms with Crippen LogP contribution in [0.1, 0.15) is 15.9 Å². The van der Waals surface area contributed by atoms with Crippen LogP contribution in [0, 0.1) is 6.92 Å². The Morgan fingerprint density at radius 3 is 2.39 bits per heavy atom. The van der Waals surface area contributed by atoms with Gasteiger partial charge in [-0.25, -0.2) is 0 Å². The Bertz CT molecular complexity index is 563. The van der Waals surface area contributed by atoms with Crippen LogP contribution in [0.5, 0.6) is 0 Å². The summed E-state index contributed by atoms with van der Waals surface area (Å²) in [7, 11) is 1.76. The van der Waals surface area contributed by atoms with E-state index < -0.39 is 0 Å². The highest BCUT2D eigenvalue weighted by atomic mass is 35.5. The highest BCUT2D eigenvalue weighted by molar-refractivity contribution is 6.30. The summed E-state index contributed by atoms with van der Waals surface area (Å²) in [5.41, 5.74) is 2.59. The molecule has 0 fully saturated rings. The largest absolute Gasteiger partial charge is 0.311 e. The Balaban J connectivity index is 2.26. The van der Waals surface area contributed by atoms with Gasteiger partial charge in [0.1, 0.15) is 0 Å². The van der Waals surface area contributed by atoms with Crippen molar-refractivity contribution in [2.24, 2.45) is 0 Å². The molecule has 0 spiro atoms. The Kier molecular flexibility index (Phi) is 3.68. The van der Waals surface area contributed by atoms with Crippen LogP contribution in [0.2, 0.25) is 5.02 Å². The second-order valence-electron chi connectivity index (χ2n) is 4.21. The number of amides is 1. The van der Waals surface area contributed by atoms with Gasteiger partial charge in [-0.2, -0.15) is 0 Å². The molecule has 2 aromatic rings. The predicted octanol–water partition coefficient (Wildman–Crippen LogP) is 3.93. The number of rotatable bonds is 2. The van der Waals surface area contributed by atoms with Gasteiger partial charge in [0, 0.05) is 23.3 Å². The molecule has 0 aliphatic heterocycles. The van der Waals surface area contributed by atoms with Crippen molar-refractivity contribution in [2.75, 3.05) is 11.9 Å². The molecule has 0 heterocycles. The molecular formula is C15H14ClNO. The van der Waals surface area contributed by atoms with Crippen molar-refractivity contribution in [2.45, 2.75) is 6.92 Å². The molecule has 0 atom stereocenters. The maximum absolute atomic E-state index is 12.3. The number of carbonyl (C=O) groups excluding carboxylic acids is 1. The minimum absolute atomic E-state index is 0.0268. The average molecular weight is 260 g/mol. The number of carbonyl (C=O) groups is 1. The molecule has 92 valence electrons.